The Bertz CT molecular complexity index is 1050. The number of ether oxygens (including phenoxy) is 4. The van der Waals surface area contributed by atoms with E-state index in [1.807, 2.05) is 29.6 Å². The van der Waals surface area contributed by atoms with E-state index in [1.165, 1.54) is 25.6 Å². The summed E-state index contributed by atoms with van der Waals surface area (Å²) in [4.78, 5) is 25.7. The van der Waals surface area contributed by atoms with E-state index in [-0.39, 0.29) is 6.61 Å². The van der Waals surface area contributed by atoms with E-state index in [1.54, 1.807) is 32.2 Å². The van der Waals surface area contributed by atoms with E-state index in [4.69, 9.17) is 18.9 Å². The molecule has 3 aromatic rings. The molecule has 2 aromatic carbocycles. The number of carbonyl (C=O) groups is 2. The van der Waals surface area contributed by atoms with E-state index in [2.05, 4.69) is 5.32 Å². The molecule has 3 rings (SSSR count). The Labute approximate surface area is 184 Å². The Morgan fingerprint density at radius 1 is 0.903 bits per heavy atom. The standard InChI is InChI=1S/C23H23NO6S/c1-5-30-23(26)20-19(14-6-8-16(27-2)9-7-14)13-31-22(20)24-21(25)15-10-17(28-3)12-18(11-15)29-4/h6-13H,5H2,1-4H3,(H,24,25). The van der Waals surface area contributed by atoms with Gasteiger partial charge in [-0.3, -0.25) is 4.79 Å². The SMILES string of the molecule is CCOC(=O)c1c(-c2ccc(OC)cc2)csc1NC(=O)c1cc(OC)cc(OC)c1. The third-order valence-electron chi connectivity index (χ3n) is 4.51. The van der Waals surface area contributed by atoms with Crippen molar-refractivity contribution < 1.29 is 28.5 Å². The fourth-order valence-corrected chi connectivity index (χ4v) is 3.91. The lowest BCUT2D eigenvalue weighted by atomic mass is 10.0. The first-order chi connectivity index (χ1) is 15.0. The lowest BCUT2D eigenvalue weighted by molar-refractivity contribution is 0.0529. The van der Waals surface area contributed by atoms with E-state index in [0.717, 1.165) is 5.56 Å². The van der Waals surface area contributed by atoms with Crippen molar-refractivity contribution in [2.45, 2.75) is 6.92 Å². The van der Waals surface area contributed by atoms with Crippen LogP contribution in [0.25, 0.3) is 11.1 Å². The van der Waals surface area contributed by atoms with Gasteiger partial charge in [0, 0.05) is 22.6 Å². The number of hydrogen-bond acceptors (Lipinski definition) is 7. The number of esters is 1. The number of rotatable bonds is 8. The van der Waals surface area contributed by atoms with Crippen LogP contribution in [0.1, 0.15) is 27.6 Å². The van der Waals surface area contributed by atoms with Gasteiger partial charge in [0.05, 0.1) is 27.9 Å². The number of hydrogen-bond donors (Lipinski definition) is 1. The first-order valence-electron chi connectivity index (χ1n) is 9.48. The van der Waals surface area contributed by atoms with Crippen LogP contribution in [0.15, 0.2) is 47.8 Å². The smallest absolute Gasteiger partial charge is 0.341 e. The highest BCUT2D eigenvalue weighted by molar-refractivity contribution is 7.15. The van der Waals surface area contributed by atoms with Crippen LogP contribution in [-0.4, -0.2) is 39.8 Å². The van der Waals surface area contributed by atoms with Crippen molar-refractivity contribution in [2.24, 2.45) is 0 Å². The van der Waals surface area contributed by atoms with Gasteiger partial charge in [0.1, 0.15) is 27.8 Å². The minimum absolute atomic E-state index is 0.219. The Balaban J connectivity index is 1.98. The molecule has 0 bridgehead atoms. The predicted octanol–water partition coefficient (Wildman–Crippen LogP) is 4.87. The zero-order valence-corrected chi connectivity index (χ0v) is 18.5. The molecule has 0 spiro atoms. The van der Waals surface area contributed by atoms with Gasteiger partial charge in [0.15, 0.2) is 0 Å². The number of nitrogens with one attached hydrogen (secondary N) is 1. The molecule has 1 aromatic heterocycles. The summed E-state index contributed by atoms with van der Waals surface area (Å²) in [6, 6.07) is 12.2. The van der Waals surface area contributed by atoms with Crippen LogP contribution >= 0.6 is 11.3 Å². The van der Waals surface area contributed by atoms with Gasteiger partial charge in [-0.05, 0) is 36.8 Å². The summed E-state index contributed by atoms with van der Waals surface area (Å²) in [6.45, 7) is 1.95. The topological polar surface area (TPSA) is 83.1 Å². The van der Waals surface area contributed by atoms with E-state index in [9.17, 15) is 9.59 Å². The molecule has 0 aliphatic heterocycles. The Hall–Kier alpha value is -3.52. The maximum absolute atomic E-state index is 12.9. The van der Waals surface area contributed by atoms with E-state index in [0.29, 0.717) is 38.9 Å². The summed E-state index contributed by atoms with van der Waals surface area (Å²) in [5.74, 6) is 0.775. The average Bonchev–Trinajstić information content (AvgIpc) is 3.22. The second-order valence-corrected chi connectivity index (χ2v) is 7.24. The Morgan fingerprint density at radius 3 is 2.06 bits per heavy atom. The second-order valence-electron chi connectivity index (χ2n) is 6.36. The van der Waals surface area contributed by atoms with Gasteiger partial charge < -0.3 is 24.3 Å². The van der Waals surface area contributed by atoms with Crippen LogP contribution in [-0.2, 0) is 4.74 Å². The van der Waals surface area contributed by atoms with Gasteiger partial charge in [-0.25, -0.2) is 4.79 Å². The summed E-state index contributed by atoms with van der Waals surface area (Å²) >= 11 is 1.25. The molecule has 1 amide bonds. The summed E-state index contributed by atoms with van der Waals surface area (Å²) in [7, 11) is 4.61. The normalized spacial score (nSPS) is 10.3. The van der Waals surface area contributed by atoms with Crippen LogP contribution < -0.4 is 19.5 Å². The molecule has 0 aliphatic carbocycles. The minimum atomic E-state index is -0.506. The van der Waals surface area contributed by atoms with Crippen molar-refractivity contribution in [1.29, 1.82) is 0 Å². The van der Waals surface area contributed by atoms with Crippen LogP contribution in [0.5, 0.6) is 17.2 Å². The van der Waals surface area contributed by atoms with Gasteiger partial charge in [0.2, 0.25) is 0 Å². The zero-order chi connectivity index (χ0) is 22.4. The van der Waals surface area contributed by atoms with Crippen LogP contribution in [0.3, 0.4) is 0 Å². The van der Waals surface area contributed by atoms with Crippen molar-refractivity contribution >= 4 is 28.2 Å². The molecule has 0 aliphatic rings. The summed E-state index contributed by atoms with van der Waals surface area (Å²) < 4.78 is 20.9. The first kappa shape index (κ1) is 22.2. The molecule has 7 nitrogen and oxygen atoms in total. The van der Waals surface area contributed by atoms with Gasteiger partial charge in [0.25, 0.3) is 5.91 Å². The van der Waals surface area contributed by atoms with Crippen molar-refractivity contribution in [1.82, 2.24) is 0 Å². The van der Waals surface area contributed by atoms with Crippen LogP contribution in [0.4, 0.5) is 5.00 Å². The predicted molar refractivity (Wildman–Crippen MR) is 120 cm³/mol. The summed E-state index contributed by atoms with van der Waals surface area (Å²) in [5, 5.41) is 5.04. The maximum atomic E-state index is 12.9. The number of thiophene rings is 1. The average molecular weight is 442 g/mol. The molecule has 0 fully saturated rings. The highest BCUT2D eigenvalue weighted by Crippen LogP contribution is 2.37. The molecular weight excluding hydrogens is 418 g/mol. The maximum Gasteiger partial charge on any atom is 0.341 e. The van der Waals surface area contributed by atoms with Crippen molar-refractivity contribution in [2.75, 3.05) is 33.3 Å². The number of anilines is 1. The van der Waals surface area contributed by atoms with Gasteiger partial charge in [-0.15, -0.1) is 11.3 Å². The number of amides is 1. The highest BCUT2D eigenvalue weighted by atomic mass is 32.1. The van der Waals surface area contributed by atoms with Gasteiger partial charge in [-0.2, -0.15) is 0 Å². The third-order valence-corrected chi connectivity index (χ3v) is 5.41. The molecule has 0 unspecified atom stereocenters. The number of methoxy groups -OCH3 is 3. The van der Waals surface area contributed by atoms with E-state index < -0.39 is 11.9 Å². The van der Waals surface area contributed by atoms with Crippen molar-refractivity contribution in [3.63, 3.8) is 0 Å². The van der Waals surface area contributed by atoms with Crippen molar-refractivity contribution in [3.8, 4) is 28.4 Å². The lowest BCUT2D eigenvalue weighted by Crippen LogP contribution is -2.15. The monoisotopic (exact) mass is 441 g/mol. The molecule has 0 atom stereocenters. The molecule has 31 heavy (non-hydrogen) atoms. The Morgan fingerprint density at radius 2 is 1.52 bits per heavy atom. The molecule has 1 N–H and O–H groups in total. The van der Waals surface area contributed by atoms with Crippen molar-refractivity contribution in [3.05, 3.63) is 59.0 Å². The minimum Gasteiger partial charge on any atom is -0.497 e. The fraction of sp³-hybridized carbons (Fsp3) is 0.217. The summed E-state index contributed by atoms with van der Waals surface area (Å²) in [6.07, 6.45) is 0. The molecule has 1 heterocycles. The van der Waals surface area contributed by atoms with Gasteiger partial charge in [-0.1, -0.05) is 12.1 Å². The number of carbonyl (C=O) groups excluding carboxylic acids is 2. The quantitative estimate of drug-likeness (QED) is 0.502. The lowest BCUT2D eigenvalue weighted by Gasteiger charge is -2.11. The molecule has 0 radical (unpaired) electrons. The van der Waals surface area contributed by atoms with Crippen LogP contribution in [0.2, 0.25) is 0 Å². The Kier molecular flexibility index (Phi) is 7.15. The highest BCUT2D eigenvalue weighted by Gasteiger charge is 2.23. The summed E-state index contributed by atoms with van der Waals surface area (Å²) in [5.41, 5.74) is 2.12. The number of benzene rings is 2. The fourth-order valence-electron chi connectivity index (χ4n) is 2.95. The van der Waals surface area contributed by atoms with Crippen LogP contribution in [0, 0.1) is 0 Å². The molecule has 8 heteroatoms. The molecule has 0 saturated heterocycles. The van der Waals surface area contributed by atoms with E-state index >= 15 is 0 Å². The molecule has 0 saturated carbocycles. The van der Waals surface area contributed by atoms with Gasteiger partial charge >= 0.3 is 5.97 Å². The second kappa shape index (κ2) is 9.99. The first-order valence-corrected chi connectivity index (χ1v) is 10.4. The largest absolute Gasteiger partial charge is 0.497 e. The zero-order valence-electron chi connectivity index (χ0n) is 17.7. The third kappa shape index (κ3) is 4.97. The molecule has 162 valence electrons. The molecular formula is C23H23NO6S.